The van der Waals surface area contributed by atoms with Crippen LogP contribution >= 0.6 is 0 Å². The maximum absolute atomic E-state index is 13.1. The first kappa shape index (κ1) is 32.3. The molecular formula is C38H39N5O5. The van der Waals surface area contributed by atoms with Crippen LogP contribution in [0.1, 0.15) is 59.4 Å². The molecule has 0 bridgehead atoms. The fraction of sp³-hybridized carbons (Fsp3) is 0.237. The molecule has 1 fully saturated rings. The van der Waals surface area contributed by atoms with Crippen LogP contribution in [0.2, 0.25) is 0 Å². The lowest BCUT2D eigenvalue weighted by Gasteiger charge is -2.26. The molecule has 1 aliphatic rings. The van der Waals surface area contributed by atoms with Gasteiger partial charge in [0.15, 0.2) is 0 Å². The lowest BCUT2D eigenvalue weighted by molar-refractivity contribution is 0.0694. The standard InChI is InChI=1S/C38H39N5O5/c1-25(2)39-38(47)41-29-14-19-35(33(22-29)37(45)46)48-31-17-12-28(13-18-31)40-36(44)26-10-15-30(16-11-26)43-24-27(23-42-20-6-3-7-21-42)32-8-4-5-9-34(32)43/h4-5,8-19,22,24-25H,3,6-7,20-21,23H2,1-2H3,(H,40,44)(H,45,46)(H2,39,41,47). The van der Waals surface area contributed by atoms with Crippen molar-refractivity contribution < 1.29 is 24.2 Å². The highest BCUT2D eigenvalue weighted by Crippen LogP contribution is 2.30. The highest BCUT2D eigenvalue weighted by atomic mass is 16.5. The highest BCUT2D eigenvalue weighted by molar-refractivity contribution is 6.04. The molecular weight excluding hydrogens is 606 g/mol. The van der Waals surface area contributed by atoms with E-state index in [0.29, 0.717) is 22.7 Å². The van der Waals surface area contributed by atoms with Crippen LogP contribution in [0.5, 0.6) is 11.5 Å². The molecule has 0 saturated carbocycles. The summed E-state index contributed by atoms with van der Waals surface area (Å²) in [4.78, 5) is 39.6. The summed E-state index contributed by atoms with van der Waals surface area (Å²) in [5.41, 5.74) is 4.72. The molecule has 5 aromatic rings. The number of benzene rings is 4. The smallest absolute Gasteiger partial charge is 0.339 e. The largest absolute Gasteiger partial charge is 0.478 e. The van der Waals surface area contributed by atoms with Crippen LogP contribution in [0.4, 0.5) is 16.2 Å². The molecule has 246 valence electrons. The van der Waals surface area contributed by atoms with Gasteiger partial charge in [-0.3, -0.25) is 9.69 Å². The number of likely N-dealkylation sites (tertiary alicyclic amines) is 1. The number of para-hydroxylation sites is 1. The number of carboxylic acids is 1. The van der Waals surface area contributed by atoms with Gasteiger partial charge >= 0.3 is 12.0 Å². The molecule has 3 amide bonds. The summed E-state index contributed by atoms with van der Waals surface area (Å²) in [5.74, 6) is -0.952. The Kier molecular flexibility index (Phi) is 9.73. The van der Waals surface area contributed by atoms with Gasteiger partial charge in [0.2, 0.25) is 0 Å². The lowest BCUT2D eigenvalue weighted by atomic mass is 10.1. The first-order valence-electron chi connectivity index (χ1n) is 16.2. The van der Waals surface area contributed by atoms with Crippen molar-refractivity contribution >= 4 is 40.2 Å². The summed E-state index contributed by atoms with van der Waals surface area (Å²) >= 11 is 0. The SMILES string of the molecule is CC(C)NC(=O)Nc1ccc(Oc2ccc(NC(=O)c3ccc(-n4cc(CN5CCCCC5)c5ccccc54)cc3)cc2)c(C(=O)O)c1. The van der Waals surface area contributed by atoms with Gasteiger partial charge in [0.25, 0.3) is 5.91 Å². The van der Waals surface area contributed by atoms with E-state index in [-0.39, 0.29) is 23.3 Å². The average Bonchev–Trinajstić information content (AvgIpc) is 3.44. The average molecular weight is 646 g/mol. The van der Waals surface area contributed by atoms with E-state index in [1.54, 1.807) is 30.3 Å². The second-order valence-corrected chi connectivity index (χ2v) is 12.3. The Morgan fingerprint density at radius 3 is 2.25 bits per heavy atom. The maximum atomic E-state index is 13.1. The number of nitrogens with zero attached hydrogens (tertiary/aromatic N) is 2. The van der Waals surface area contributed by atoms with Crippen LogP contribution in [-0.2, 0) is 6.54 Å². The van der Waals surface area contributed by atoms with Crippen LogP contribution in [0.15, 0.2) is 97.2 Å². The summed E-state index contributed by atoms with van der Waals surface area (Å²) in [5, 5.41) is 19.2. The molecule has 10 nitrogen and oxygen atoms in total. The molecule has 0 atom stereocenters. The molecule has 4 aromatic carbocycles. The number of hydrogen-bond donors (Lipinski definition) is 4. The van der Waals surface area contributed by atoms with Gasteiger partial charge < -0.3 is 30.4 Å². The zero-order chi connectivity index (χ0) is 33.6. The Hall–Kier alpha value is -5.61. The second kappa shape index (κ2) is 14.4. The minimum Gasteiger partial charge on any atom is -0.478 e. The molecule has 0 radical (unpaired) electrons. The summed E-state index contributed by atoms with van der Waals surface area (Å²) in [6.07, 6.45) is 6.03. The van der Waals surface area contributed by atoms with Crippen molar-refractivity contribution in [2.75, 3.05) is 23.7 Å². The topological polar surface area (TPSA) is 125 Å². The summed E-state index contributed by atoms with van der Waals surface area (Å²) in [6.45, 7) is 6.85. The Morgan fingerprint density at radius 2 is 1.54 bits per heavy atom. The molecule has 10 heteroatoms. The number of ether oxygens (including phenoxy) is 1. The van der Waals surface area contributed by atoms with Gasteiger partial charge in [0.05, 0.1) is 5.52 Å². The van der Waals surface area contributed by atoms with Gasteiger partial charge in [-0.1, -0.05) is 24.6 Å². The third-order valence-corrected chi connectivity index (χ3v) is 8.27. The van der Waals surface area contributed by atoms with Crippen molar-refractivity contribution in [2.45, 2.75) is 45.7 Å². The van der Waals surface area contributed by atoms with Crippen LogP contribution in [-0.4, -0.2) is 51.6 Å². The molecule has 1 aliphatic heterocycles. The lowest BCUT2D eigenvalue weighted by Crippen LogP contribution is -2.34. The van der Waals surface area contributed by atoms with E-state index in [2.05, 4.69) is 55.9 Å². The van der Waals surface area contributed by atoms with Crippen LogP contribution in [0, 0.1) is 0 Å². The van der Waals surface area contributed by atoms with E-state index >= 15 is 0 Å². The molecule has 2 heterocycles. The van der Waals surface area contributed by atoms with E-state index in [4.69, 9.17) is 4.74 Å². The van der Waals surface area contributed by atoms with Crippen LogP contribution in [0.25, 0.3) is 16.6 Å². The fourth-order valence-electron chi connectivity index (χ4n) is 5.95. The first-order valence-corrected chi connectivity index (χ1v) is 16.2. The van der Waals surface area contributed by atoms with E-state index in [0.717, 1.165) is 30.8 Å². The van der Waals surface area contributed by atoms with Gasteiger partial charge in [0, 0.05) is 46.8 Å². The van der Waals surface area contributed by atoms with Crippen molar-refractivity contribution in [3.8, 4) is 17.2 Å². The minimum atomic E-state index is -1.20. The number of aromatic nitrogens is 1. The monoisotopic (exact) mass is 645 g/mol. The molecule has 4 N–H and O–H groups in total. The maximum Gasteiger partial charge on any atom is 0.339 e. The van der Waals surface area contributed by atoms with Crippen molar-refractivity contribution in [1.82, 2.24) is 14.8 Å². The summed E-state index contributed by atoms with van der Waals surface area (Å²) in [7, 11) is 0. The zero-order valence-electron chi connectivity index (χ0n) is 27.0. The van der Waals surface area contributed by atoms with E-state index in [9.17, 15) is 19.5 Å². The van der Waals surface area contributed by atoms with Crippen molar-refractivity contribution in [3.63, 3.8) is 0 Å². The van der Waals surface area contributed by atoms with E-state index < -0.39 is 12.0 Å². The Balaban J connectivity index is 1.10. The number of nitrogens with one attached hydrogen (secondary N) is 3. The number of fused-ring (bicyclic) bond motifs is 1. The summed E-state index contributed by atoms with van der Waals surface area (Å²) < 4.78 is 8.04. The number of amides is 3. The zero-order valence-corrected chi connectivity index (χ0v) is 27.0. The Morgan fingerprint density at radius 1 is 0.833 bits per heavy atom. The van der Waals surface area contributed by atoms with Crippen molar-refractivity contribution in [3.05, 3.63) is 114 Å². The second-order valence-electron chi connectivity index (χ2n) is 12.3. The van der Waals surface area contributed by atoms with E-state index in [1.165, 1.54) is 42.3 Å². The molecule has 0 unspecified atom stereocenters. The third-order valence-electron chi connectivity index (χ3n) is 8.27. The van der Waals surface area contributed by atoms with Gasteiger partial charge in [-0.25, -0.2) is 9.59 Å². The Bertz CT molecular complexity index is 1930. The summed E-state index contributed by atoms with van der Waals surface area (Å²) in [6, 6.07) is 26.5. The molecule has 6 rings (SSSR count). The Labute approximate surface area is 279 Å². The predicted molar refractivity (Wildman–Crippen MR) is 188 cm³/mol. The van der Waals surface area contributed by atoms with Crippen molar-refractivity contribution in [1.29, 1.82) is 0 Å². The molecule has 0 aliphatic carbocycles. The number of urea groups is 1. The number of aromatic carboxylic acids is 1. The normalized spacial score (nSPS) is 13.3. The first-order chi connectivity index (χ1) is 23.2. The van der Waals surface area contributed by atoms with Gasteiger partial charge in [0.1, 0.15) is 17.1 Å². The number of anilines is 2. The molecule has 48 heavy (non-hydrogen) atoms. The molecule has 0 spiro atoms. The van der Waals surface area contributed by atoms with Gasteiger partial charge in [-0.2, -0.15) is 0 Å². The molecule has 1 aromatic heterocycles. The minimum absolute atomic E-state index is 0.0705. The number of piperidine rings is 1. The molecule has 1 saturated heterocycles. The van der Waals surface area contributed by atoms with Crippen molar-refractivity contribution in [2.24, 2.45) is 0 Å². The van der Waals surface area contributed by atoms with E-state index in [1.807, 2.05) is 38.1 Å². The van der Waals surface area contributed by atoms with Gasteiger partial charge in [-0.15, -0.1) is 0 Å². The predicted octanol–water partition coefficient (Wildman–Crippen LogP) is 7.89. The number of carbonyl (C=O) groups excluding carboxylic acids is 2. The van der Waals surface area contributed by atoms with Crippen LogP contribution < -0.4 is 20.7 Å². The number of carboxylic acid groups (broad SMARTS) is 1. The number of hydrogen-bond acceptors (Lipinski definition) is 5. The quantitative estimate of drug-likeness (QED) is 0.122. The number of rotatable bonds is 10. The van der Waals surface area contributed by atoms with Crippen LogP contribution in [0.3, 0.4) is 0 Å². The highest BCUT2D eigenvalue weighted by Gasteiger charge is 2.17. The fourth-order valence-corrected chi connectivity index (χ4v) is 5.95. The number of carbonyl (C=O) groups is 3. The third kappa shape index (κ3) is 7.67. The van der Waals surface area contributed by atoms with Gasteiger partial charge in [-0.05, 0) is 118 Å².